The first-order valence-electron chi connectivity index (χ1n) is 3.07. The number of ether oxygens (including phenoxy) is 1. The Kier molecular flexibility index (Phi) is 3.72. The molecular weight excluding hydrogens is 177 g/mol. The van der Waals surface area contributed by atoms with Crippen LogP contribution in [0.3, 0.4) is 0 Å². The molecule has 0 rings (SSSR count). The summed E-state index contributed by atoms with van der Waals surface area (Å²) in [6.07, 6.45) is -0.693. The van der Waals surface area contributed by atoms with Crippen molar-refractivity contribution in [2.75, 3.05) is 6.67 Å². The first-order valence-corrected chi connectivity index (χ1v) is 3.07. The molecule has 0 N–H and O–H groups in total. The average Bonchev–Trinajstić information content (AvgIpc) is 1.85. The summed E-state index contributed by atoms with van der Waals surface area (Å²) in [6.45, 7) is -0.751. The lowest BCUT2D eigenvalue weighted by Crippen LogP contribution is -2.29. The van der Waals surface area contributed by atoms with Gasteiger partial charge in [-0.05, 0) is 0 Å². The van der Waals surface area contributed by atoms with Gasteiger partial charge in [-0.3, -0.25) is 9.18 Å². The Labute approximate surface area is 66.5 Å². The molecule has 0 saturated carbocycles. The van der Waals surface area contributed by atoms with E-state index in [2.05, 4.69) is 4.74 Å². The molecular formula is C6H7F3O3. The second-order valence-corrected chi connectivity index (χ2v) is 2.09. The number of alkyl halides is 3. The van der Waals surface area contributed by atoms with E-state index in [9.17, 15) is 22.8 Å². The molecule has 0 aromatic heterocycles. The van der Waals surface area contributed by atoms with Crippen molar-refractivity contribution >= 4 is 11.9 Å². The molecule has 3 nitrogen and oxygen atoms in total. The molecule has 0 radical (unpaired) electrons. The van der Waals surface area contributed by atoms with E-state index in [0.29, 0.717) is 0 Å². The molecule has 0 aliphatic carbocycles. The van der Waals surface area contributed by atoms with Crippen LogP contribution >= 0.6 is 0 Å². The Hall–Kier alpha value is -1.07. The molecule has 6 heteroatoms. The number of carbonyl (C=O) groups excluding carboxylic acids is 2. The number of esters is 2. The quantitative estimate of drug-likeness (QED) is 0.486. The van der Waals surface area contributed by atoms with Crippen LogP contribution in [0.5, 0.6) is 0 Å². The zero-order valence-corrected chi connectivity index (χ0v) is 6.27. The highest BCUT2D eigenvalue weighted by molar-refractivity contribution is 5.89. The van der Waals surface area contributed by atoms with Crippen molar-refractivity contribution in [3.8, 4) is 0 Å². The highest BCUT2D eigenvalue weighted by atomic mass is 19.3. The Morgan fingerprint density at radius 2 is 1.92 bits per heavy atom. The van der Waals surface area contributed by atoms with Crippen LogP contribution in [0.1, 0.15) is 13.3 Å². The lowest BCUT2D eigenvalue weighted by atomic mass is 10.4. The lowest BCUT2D eigenvalue weighted by molar-refractivity contribution is -0.177. The highest BCUT2D eigenvalue weighted by Crippen LogP contribution is 2.13. The smallest absolute Gasteiger partial charge is 0.384 e. The molecule has 0 amide bonds. The van der Waals surface area contributed by atoms with Crippen molar-refractivity contribution in [2.45, 2.75) is 19.3 Å². The first kappa shape index (κ1) is 10.9. The number of carbonyl (C=O) groups is 2. The van der Waals surface area contributed by atoms with Gasteiger partial charge in [-0.15, -0.1) is 0 Å². The van der Waals surface area contributed by atoms with Crippen LogP contribution in [0.2, 0.25) is 0 Å². The van der Waals surface area contributed by atoms with Gasteiger partial charge in [-0.2, -0.15) is 8.78 Å². The monoisotopic (exact) mass is 184 g/mol. The summed E-state index contributed by atoms with van der Waals surface area (Å²) < 4.78 is 39.0. The van der Waals surface area contributed by atoms with Crippen LogP contribution in [-0.4, -0.2) is 24.5 Å². The van der Waals surface area contributed by atoms with Gasteiger partial charge < -0.3 is 4.74 Å². The van der Waals surface area contributed by atoms with E-state index in [4.69, 9.17) is 0 Å². The summed E-state index contributed by atoms with van der Waals surface area (Å²) in [7, 11) is 0. The fourth-order valence-electron chi connectivity index (χ4n) is 0.321. The standard InChI is InChI=1S/C6H7F3O3/c1-6(8,9)5(11)12-4(10)2-3-7/h2-3H2,1H3. The number of hydrogen-bond acceptors (Lipinski definition) is 3. The second kappa shape index (κ2) is 4.08. The summed E-state index contributed by atoms with van der Waals surface area (Å²) in [5.41, 5.74) is 0. The van der Waals surface area contributed by atoms with E-state index in [0.717, 1.165) is 0 Å². The Balaban J connectivity index is 3.94. The topological polar surface area (TPSA) is 43.4 Å². The van der Waals surface area contributed by atoms with Crippen molar-refractivity contribution in [1.82, 2.24) is 0 Å². The molecule has 0 atom stereocenters. The molecule has 0 heterocycles. The average molecular weight is 184 g/mol. The molecule has 70 valence electrons. The molecule has 0 unspecified atom stereocenters. The Morgan fingerprint density at radius 3 is 2.25 bits per heavy atom. The third-order valence-corrected chi connectivity index (χ3v) is 0.864. The molecule has 0 spiro atoms. The van der Waals surface area contributed by atoms with Crippen LogP contribution in [0.25, 0.3) is 0 Å². The summed E-state index contributed by atoms with van der Waals surface area (Å²) in [5.74, 6) is -6.96. The molecule has 0 aliphatic heterocycles. The van der Waals surface area contributed by atoms with Crippen molar-refractivity contribution < 1.29 is 27.5 Å². The van der Waals surface area contributed by atoms with Gasteiger partial charge in [0.2, 0.25) is 0 Å². The van der Waals surface area contributed by atoms with Crippen LogP contribution in [0.4, 0.5) is 13.2 Å². The molecule has 0 aromatic carbocycles. The number of halogens is 3. The van der Waals surface area contributed by atoms with Gasteiger partial charge >= 0.3 is 17.9 Å². The van der Waals surface area contributed by atoms with E-state index in [1.165, 1.54) is 0 Å². The molecule has 0 aliphatic rings. The fourth-order valence-corrected chi connectivity index (χ4v) is 0.321. The van der Waals surface area contributed by atoms with Crippen LogP contribution < -0.4 is 0 Å². The van der Waals surface area contributed by atoms with E-state index >= 15 is 0 Å². The summed E-state index contributed by atoms with van der Waals surface area (Å²) in [6, 6.07) is 0. The predicted molar refractivity (Wildman–Crippen MR) is 32.3 cm³/mol. The van der Waals surface area contributed by atoms with Gasteiger partial charge in [0.1, 0.15) is 0 Å². The maximum absolute atomic E-state index is 12.0. The molecule has 0 bridgehead atoms. The minimum Gasteiger partial charge on any atom is -0.389 e. The van der Waals surface area contributed by atoms with Gasteiger partial charge in [0.05, 0.1) is 13.1 Å². The van der Waals surface area contributed by atoms with E-state index in [-0.39, 0.29) is 6.92 Å². The van der Waals surface area contributed by atoms with Gasteiger partial charge in [0, 0.05) is 6.92 Å². The van der Waals surface area contributed by atoms with E-state index in [1.54, 1.807) is 0 Å². The second-order valence-electron chi connectivity index (χ2n) is 2.09. The first-order chi connectivity index (χ1) is 5.38. The normalized spacial score (nSPS) is 11.0. The van der Waals surface area contributed by atoms with E-state index < -0.39 is 31.0 Å². The molecule has 0 aromatic rings. The minimum absolute atomic E-state index is 0.290. The zero-order valence-electron chi connectivity index (χ0n) is 6.27. The van der Waals surface area contributed by atoms with Crippen molar-refractivity contribution in [2.24, 2.45) is 0 Å². The molecule has 0 saturated heterocycles. The lowest BCUT2D eigenvalue weighted by Gasteiger charge is -2.07. The largest absolute Gasteiger partial charge is 0.389 e. The minimum atomic E-state index is -3.72. The van der Waals surface area contributed by atoms with Gasteiger partial charge in [-0.1, -0.05) is 0 Å². The highest BCUT2D eigenvalue weighted by Gasteiger charge is 2.35. The van der Waals surface area contributed by atoms with Gasteiger partial charge in [-0.25, -0.2) is 4.79 Å². The number of hydrogen-bond donors (Lipinski definition) is 0. The molecule has 0 fully saturated rings. The van der Waals surface area contributed by atoms with Gasteiger partial charge in [0.25, 0.3) is 0 Å². The van der Waals surface area contributed by atoms with Crippen LogP contribution in [0.15, 0.2) is 0 Å². The van der Waals surface area contributed by atoms with Gasteiger partial charge in [0.15, 0.2) is 0 Å². The Morgan fingerprint density at radius 1 is 1.42 bits per heavy atom. The summed E-state index contributed by atoms with van der Waals surface area (Å²) in [4.78, 5) is 20.5. The van der Waals surface area contributed by atoms with Crippen LogP contribution in [0, 0.1) is 0 Å². The van der Waals surface area contributed by atoms with Crippen molar-refractivity contribution in [3.05, 3.63) is 0 Å². The Bertz CT molecular complexity index is 185. The fraction of sp³-hybridized carbons (Fsp3) is 0.667. The molecule has 12 heavy (non-hydrogen) atoms. The predicted octanol–water partition coefficient (Wildman–Crippen LogP) is 1.07. The number of rotatable bonds is 3. The third-order valence-electron chi connectivity index (χ3n) is 0.864. The third kappa shape index (κ3) is 3.95. The van der Waals surface area contributed by atoms with Crippen LogP contribution in [-0.2, 0) is 14.3 Å². The summed E-state index contributed by atoms with van der Waals surface area (Å²) in [5, 5.41) is 0. The zero-order chi connectivity index (χ0) is 9.78. The van der Waals surface area contributed by atoms with Crippen molar-refractivity contribution in [3.63, 3.8) is 0 Å². The SMILES string of the molecule is CC(F)(F)C(=O)OC(=O)CCF. The van der Waals surface area contributed by atoms with Crippen molar-refractivity contribution in [1.29, 1.82) is 0 Å². The maximum Gasteiger partial charge on any atom is 0.384 e. The van der Waals surface area contributed by atoms with E-state index in [1.807, 2.05) is 0 Å². The maximum atomic E-state index is 12.0. The summed E-state index contributed by atoms with van der Waals surface area (Å²) >= 11 is 0.